The van der Waals surface area contributed by atoms with E-state index < -0.39 is 27.6 Å². The van der Waals surface area contributed by atoms with Crippen LogP contribution >= 0.6 is 0 Å². The number of carbonyl (C=O) groups is 1. The molecule has 0 aromatic carbocycles. The third-order valence-electron chi connectivity index (χ3n) is 11.3. The monoisotopic (exact) mass is 531 g/mol. The van der Waals surface area contributed by atoms with Gasteiger partial charge in [0.15, 0.2) is 6.23 Å². The van der Waals surface area contributed by atoms with Gasteiger partial charge in [0.25, 0.3) is 0 Å². The summed E-state index contributed by atoms with van der Waals surface area (Å²) in [5.74, 6) is 3.11. The van der Waals surface area contributed by atoms with Gasteiger partial charge in [-0.05, 0) is 111 Å². The predicted octanol–water partition coefficient (Wildman–Crippen LogP) is 2.03. The lowest BCUT2D eigenvalue weighted by molar-refractivity contribution is -0.181. The van der Waals surface area contributed by atoms with E-state index in [1.54, 1.807) is 0 Å². The zero-order valence-electron chi connectivity index (χ0n) is 21.7. The molecule has 5 unspecified atom stereocenters. The van der Waals surface area contributed by atoms with Crippen LogP contribution in [0, 0.1) is 46.3 Å². The summed E-state index contributed by atoms with van der Waals surface area (Å²) in [6, 6.07) is -0.273. The zero-order chi connectivity index (χ0) is 26.7. The fourth-order valence-corrected chi connectivity index (χ4v) is 9.81. The van der Waals surface area contributed by atoms with Crippen LogP contribution < -0.4 is 5.32 Å². The minimum Gasteiger partial charge on any atom is -0.386 e. The first kappa shape index (κ1) is 28.4. The molecule has 0 saturated heterocycles. The highest BCUT2D eigenvalue weighted by Crippen LogP contribution is 2.68. The molecule has 4 aliphatic rings. The molecule has 10 heteroatoms. The Morgan fingerprint density at radius 2 is 1.64 bits per heavy atom. The summed E-state index contributed by atoms with van der Waals surface area (Å²) in [5, 5.41) is 38.4. The summed E-state index contributed by atoms with van der Waals surface area (Å²) in [4.78, 5) is 11.0. The quantitative estimate of drug-likeness (QED) is 0.156. The molecule has 208 valence electrons. The first-order chi connectivity index (χ1) is 16.6. The zero-order valence-corrected chi connectivity index (χ0v) is 22.5. The Balaban J connectivity index is 1.43. The van der Waals surface area contributed by atoms with Crippen LogP contribution in [0.4, 0.5) is 0 Å². The van der Waals surface area contributed by atoms with Crippen molar-refractivity contribution in [2.75, 3.05) is 0 Å². The van der Waals surface area contributed by atoms with Crippen molar-refractivity contribution in [3.8, 4) is 0 Å². The van der Waals surface area contributed by atoms with Crippen LogP contribution in [0.1, 0.15) is 85.0 Å². The maximum absolute atomic E-state index is 11.3. The number of aliphatic hydroxyl groups is 4. The topological polar surface area (TPSA) is 164 Å². The molecule has 6 N–H and O–H groups in total. The molecule has 0 aromatic heterocycles. The Bertz CT molecular complexity index is 927. The molecule has 0 bridgehead atoms. The molecule has 36 heavy (non-hydrogen) atoms. The normalized spacial score (nSPS) is 43.6. The fraction of sp³-hybridized carbons (Fsp3) is 0.962. The average molecular weight is 532 g/mol. The van der Waals surface area contributed by atoms with E-state index in [2.05, 4.69) is 26.1 Å². The smallest absolute Gasteiger partial charge is 0.335 e. The molecule has 0 spiro atoms. The van der Waals surface area contributed by atoms with E-state index in [9.17, 15) is 33.6 Å². The summed E-state index contributed by atoms with van der Waals surface area (Å²) in [7, 11) is -5.27. The van der Waals surface area contributed by atoms with Gasteiger partial charge in [0.2, 0.25) is 0 Å². The van der Waals surface area contributed by atoms with Gasteiger partial charge >= 0.3 is 15.2 Å². The Morgan fingerprint density at radius 3 is 2.28 bits per heavy atom. The highest BCUT2D eigenvalue weighted by Gasteiger charge is 2.61. The highest BCUT2D eigenvalue weighted by molar-refractivity contribution is 7.86. The van der Waals surface area contributed by atoms with E-state index in [0.717, 1.165) is 38.5 Å². The van der Waals surface area contributed by atoms with E-state index >= 15 is 0 Å². The van der Waals surface area contributed by atoms with Gasteiger partial charge in [0.05, 0.1) is 0 Å². The van der Waals surface area contributed by atoms with Crippen molar-refractivity contribution in [2.45, 2.75) is 108 Å². The van der Waals surface area contributed by atoms with Gasteiger partial charge in [0.1, 0.15) is 12.4 Å². The van der Waals surface area contributed by atoms with Crippen LogP contribution in [0.3, 0.4) is 0 Å². The maximum Gasteiger partial charge on any atom is 0.335 e. The van der Waals surface area contributed by atoms with Crippen molar-refractivity contribution in [2.24, 2.45) is 46.3 Å². The van der Waals surface area contributed by atoms with E-state index in [-0.39, 0.29) is 16.9 Å². The number of aliphatic hydroxyl groups excluding tert-OH is 2. The van der Waals surface area contributed by atoms with E-state index in [1.807, 2.05) is 0 Å². The first-order valence-electron chi connectivity index (χ1n) is 13.6. The number of nitrogens with one attached hydrogen (secondary N) is 1. The van der Waals surface area contributed by atoms with Crippen LogP contribution in [-0.2, 0) is 14.9 Å². The predicted molar refractivity (Wildman–Crippen MR) is 133 cm³/mol. The van der Waals surface area contributed by atoms with Gasteiger partial charge in [0, 0.05) is 6.04 Å². The van der Waals surface area contributed by atoms with Crippen molar-refractivity contribution in [1.82, 2.24) is 5.32 Å². The van der Waals surface area contributed by atoms with Crippen LogP contribution in [0.25, 0.3) is 0 Å². The third-order valence-corrected chi connectivity index (χ3v) is 12.3. The average Bonchev–Trinajstić information content (AvgIpc) is 3.15. The molecule has 0 amide bonds. The van der Waals surface area contributed by atoms with Gasteiger partial charge < -0.3 is 25.2 Å². The molecular formula is C26H45NO8S. The van der Waals surface area contributed by atoms with Crippen LogP contribution in [-0.4, -0.2) is 63.2 Å². The van der Waals surface area contributed by atoms with Crippen molar-refractivity contribution >= 4 is 16.4 Å². The standard InChI is InChI=1S/C26H45NO8S/c1-15(12-18(29)14-28)20-6-7-21-19-5-4-16-13-17(27-23(30)26(31,32)36(33,34)35)8-10-24(16,2)22(19)9-11-25(20,21)3/h14-23,27,29-32H,4-13H2,1-3H3,(H,33,34,35)/t15-,16-,17?,18-,19?,20-,21?,22?,23?,24+,25-/m1/s1. The molecule has 4 fully saturated rings. The highest BCUT2D eigenvalue weighted by atomic mass is 32.2. The molecule has 0 aliphatic heterocycles. The lowest BCUT2D eigenvalue weighted by Gasteiger charge is -2.61. The molecule has 11 atom stereocenters. The second-order valence-corrected chi connectivity index (χ2v) is 14.5. The van der Waals surface area contributed by atoms with Gasteiger partial charge in [-0.2, -0.15) is 8.42 Å². The van der Waals surface area contributed by atoms with Crippen molar-refractivity contribution < 1.29 is 38.2 Å². The number of fused-ring (bicyclic) bond motifs is 5. The molecule has 0 aromatic rings. The number of carbonyl (C=O) groups excluding carboxylic acids is 1. The molecule has 4 aliphatic carbocycles. The minimum absolute atomic E-state index is 0.142. The summed E-state index contributed by atoms with van der Waals surface area (Å²) >= 11 is 0. The summed E-state index contributed by atoms with van der Waals surface area (Å²) in [6.07, 6.45) is 7.24. The Morgan fingerprint density at radius 1 is 1.00 bits per heavy atom. The minimum atomic E-state index is -5.27. The summed E-state index contributed by atoms with van der Waals surface area (Å²) in [5.41, 5.74) is 0.375. The Labute approximate surface area is 214 Å². The van der Waals surface area contributed by atoms with Crippen molar-refractivity contribution in [1.29, 1.82) is 0 Å². The first-order valence-corrected chi connectivity index (χ1v) is 15.1. The number of hydrogen-bond acceptors (Lipinski definition) is 8. The second kappa shape index (κ2) is 9.84. The molecule has 4 rings (SSSR count). The van der Waals surface area contributed by atoms with E-state index in [1.165, 1.54) is 6.42 Å². The fourth-order valence-electron chi connectivity index (χ4n) is 9.46. The number of hydrogen-bond donors (Lipinski definition) is 6. The molecule has 0 radical (unpaired) electrons. The molecular weight excluding hydrogens is 486 g/mol. The van der Waals surface area contributed by atoms with Crippen LogP contribution in [0.15, 0.2) is 0 Å². The summed E-state index contributed by atoms with van der Waals surface area (Å²) < 4.78 is 31.6. The number of rotatable bonds is 8. The van der Waals surface area contributed by atoms with Gasteiger partial charge in [-0.25, -0.2) is 0 Å². The van der Waals surface area contributed by atoms with Crippen LogP contribution in [0.5, 0.6) is 0 Å². The summed E-state index contributed by atoms with van der Waals surface area (Å²) in [6.45, 7) is 7.02. The SMILES string of the molecule is C[C@H](C[C@@H](O)C=O)[C@H]1CCC2C3CC[C@@H]4CC(NC(O)C(O)(O)S(=O)(=O)O)CC[C@]4(C)C3CC[C@@]21C. The second-order valence-electron chi connectivity index (χ2n) is 13.0. The van der Waals surface area contributed by atoms with Gasteiger partial charge in [-0.1, -0.05) is 20.8 Å². The van der Waals surface area contributed by atoms with E-state index in [4.69, 9.17) is 4.55 Å². The maximum atomic E-state index is 11.3. The third kappa shape index (κ3) is 4.69. The molecule has 9 nitrogen and oxygen atoms in total. The van der Waals surface area contributed by atoms with Gasteiger partial charge in [-0.15, -0.1) is 0 Å². The Kier molecular flexibility index (Phi) is 7.76. The largest absolute Gasteiger partial charge is 0.386 e. The van der Waals surface area contributed by atoms with E-state index in [0.29, 0.717) is 61.1 Å². The van der Waals surface area contributed by atoms with Crippen molar-refractivity contribution in [3.05, 3.63) is 0 Å². The van der Waals surface area contributed by atoms with Gasteiger partial charge in [-0.3, -0.25) is 9.87 Å². The lowest BCUT2D eigenvalue weighted by atomic mass is 9.44. The molecule has 0 heterocycles. The number of aldehydes is 1. The van der Waals surface area contributed by atoms with Crippen LogP contribution in [0.2, 0.25) is 0 Å². The molecule has 4 saturated carbocycles. The lowest BCUT2D eigenvalue weighted by Crippen LogP contribution is -2.60. The Hall–Kier alpha value is -0.620. The van der Waals surface area contributed by atoms with Crippen molar-refractivity contribution in [3.63, 3.8) is 0 Å².